The van der Waals surface area contributed by atoms with Gasteiger partial charge in [0.15, 0.2) is 11.5 Å². The van der Waals surface area contributed by atoms with E-state index in [-0.39, 0.29) is 17.6 Å². The number of benzene rings is 1. The maximum absolute atomic E-state index is 12.9. The molecule has 0 heterocycles. The lowest BCUT2D eigenvalue weighted by atomic mass is 9.85. The molecule has 1 aromatic carbocycles. The van der Waals surface area contributed by atoms with Gasteiger partial charge in [0, 0.05) is 5.56 Å². The van der Waals surface area contributed by atoms with Crippen LogP contribution in [0.2, 0.25) is 0 Å². The summed E-state index contributed by atoms with van der Waals surface area (Å²) in [5, 5.41) is 0. The molecule has 0 bridgehead atoms. The Morgan fingerprint density at radius 3 is 2.35 bits per heavy atom. The number of allylic oxidation sites excluding steroid dienone is 1. The third-order valence-corrected chi connectivity index (χ3v) is 5.03. The predicted molar refractivity (Wildman–Crippen MR) is 92.7 cm³/mol. The van der Waals surface area contributed by atoms with Gasteiger partial charge in [0.2, 0.25) is 0 Å². The molecule has 2 aliphatic carbocycles. The van der Waals surface area contributed by atoms with E-state index in [9.17, 15) is 13.2 Å². The van der Waals surface area contributed by atoms with Gasteiger partial charge in [-0.15, -0.1) is 13.2 Å². The first-order valence-corrected chi connectivity index (χ1v) is 9.28. The van der Waals surface area contributed by atoms with Crippen LogP contribution in [0.1, 0.15) is 50.5 Å². The molecule has 0 radical (unpaired) electrons. The van der Waals surface area contributed by atoms with Crippen molar-refractivity contribution in [2.45, 2.75) is 64.3 Å². The van der Waals surface area contributed by atoms with Crippen molar-refractivity contribution in [2.24, 2.45) is 5.92 Å². The summed E-state index contributed by atoms with van der Waals surface area (Å²) in [6, 6.07) is 3.16. The molecule has 0 N–H and O–H groups in total. The highest BCUT2D eigenvalue weighted by molar-refractivity contribution is 5.53. The van der Waals surface area contributed by atoms with Gasteiger partial charge in [0.05, 0.1) is 6.10 Å². The largest absolute Gasteiger partial charge is 0.573 e. The second-order valence-electron chi connectivity index (χ2n) is 7.02. The molecule has 2 saturated carbocycles. The van der Waals surface area contributed by atoms with Gasteiger partial charge in [-0.25, -0.2) is 0 Å². The van der Waals surface area contributed by atoms with Crippen LogP contribution in [-0.2, 0) is 0 Å². The molecule has 26 heavy (non-hydrogen) atoms. The molecule has 0 aliphatic heterocycles. The van der Waals surface area contributed by atoms with E-state index >= 15 is 0 Å². The summed E-state index contributed by atoms with van der Waals surface area (Å²) >= 11 is 0. The van der Waals surface area contributed by atoms with E-state index in [1.54, 1.807) is 13.0 Å². The molecule has 144 valence electrons. The molecule has 0 unspecified atom stereocenters. The van der Waals surface area contributed by atoms with Gasteiger partial charge >= 0.3 is 6.36 Å². The van der Waals surface area contributed by atoms with Crippen LogP contribution < -0.4 is 14.2 Å². The van der Waals surface area contributed by atoms with Crippen LogP contribution in [0, 0.1) is 12.8 Å². The van der Waals surface area contributed by atoms with E-state index in [2.05, 4.69) is 10.8 Å². The van der Waals surface area contributed by atoms with E-state index in [1.165, 1.54) is 25.3 Å². The SMILES string of the molecule is Cc1c(OC/C=C/C2CCC2)ccc(OC2CCCC2)c1OC(F)(F)F. The topological polar surface area (TPSA) is 27.7 Å². The molecule has 0 atom stereocenters. The van der Waals surface area contributed by atoms with Crippen LogP contribution in [0.4, 0.5) is 13.2 Å². The van der Waals surface area contributed by atoms with Crippen molar-refractivity contribution in [3.05, 3.63) is 29.8 Å². The van der Waals surface area contributed by atoms with Gasteiger partial charge in [-0.2, -0.15) is 0 Å². The summed E-state index contributed by atoms with van der Waals surface area (Å²) in [5.74, 6) is 0.821. The Balaban J connectivity index is 1.72. The molecule has 0 saturated heterocycles. The fourth-order valence-electron chi connectivity index (χ4n) is 3.34. The molecule has 0 amide bonds. The maximum atomic E-state index is 12.9. The monoisotopic (exact) mass is 370 g/mol. The molecule has 2 fully saturated rings. The van der Waals surface area contributed by atoms with Crippen molar-refractivity contribution in [2.75, 3.05) is 6.61 Å². The van der Waals surface area contributed by atoms with Crippen LogP contribution in [0.3, 0.4) is 0 Å². The summed E-state index contributed by atoms with van der Waals surface area (Å²) < 4.78 is 54.3. The number of alkyl halides is 3. The van der Waals surface area contributed by atoms with Gasteiger partial charge in [0.25, 0.3) is 0 Å². The van der Waals surface area contributed by atoms with Crippen molar-refractivity contribution >= 4 is 0 Å². The van der Waals surface area contributed by atoms with Gasteiger partial charge in [-0.1, -0.05) is 18.6 Å². The standard InChI is InChI=1S/C20H25F3O3/c1-14-17(24-13-5-8-15-6-4-7-15)11-12-18(19(14)26-20(21,22)23)25-16-9-2-3-10-16/h5,8,11-12,15-16H,2-4,6-7,9-10,13H2,1H3/b8-5+. The molecular formula is C20H25F3O3. The molecule has 3 rings (SSSR count). The van der Waals surface area contributed by atoms with Crippen LogP contribution >= 0.6 is 0 Å². The first kappa shape index (κ1) is 18.9. The van der Waals surface area contributed by atoms with Crippen LogP contribution in [0.5, 0.6) is 17.2 Å². The molecule has 6 heteroatoms. The van der Waals surface area contributed by atoms with E-state index in [4.69, 9.17) is 9.47 Å². The molecule has 2 aliphatic rings. The number of halogens is 3. The second kappa shape index (κ2) is 8.23. The van der Waals surface area contributed by atoms with E-state index < -0.39 is 6.36 Å². The normalized spacial score (nSPS) is 18.9. The van der Waals surface area contributed by atoms with Crippen molar-refractivity contribution in [3.63, 3.8) is 0 Å². The summed E-state index contributed by atoms with van der Waals surface area (Å²) in [5.41, 5.74) is 0.301. The smallest absolute Gasteiger partial charge is 0.489 e. The minimum Gasteiger partial charge on any atom is -0.489 e. The van der Waals surface area contributed by atoms with Crippen molar-refractivity contribution in [3.8, 4) is 17.2 Å². The van der Waals surface area contributed by atoms with Crippen LogP contribution in [-0.4, -0.2) is 19.1 Å². The predicted octanol–water partition coefficient (Wildman–Crippen LogP) is 5.95. The fourth-order valence-corrected chi connectivity index (χ4v) is 3.34. The molecule has 0 aromatic heterocycles. The van der Waals surface area contributed by atoms with Gasteiger partial charge in [-0.3, -0.25) is 0 Å². The summed E-state index contributed by atoms with van der Waals surface area (Å²) in [6.45, 7) is 1.89. The Labute approximate surface area is 152 Å². The second-order valence-corrected chi connectivity index (χ2v) is 7.02. The number of rotatable bonds is 7. The Morgan fingerprint density at radius 2 is 1.73 bits per heavy atom. The Hall–Kier alpha value is -1.85. The average molecular weight is 370 g/mol. The number of ether oxygens (including phenoxy) is 3. The van der Waals surface area contributed by atoms with Crippen molar-refractivity contribution < 1.29 is 27.4 Å². The highest BCUT2D eigenvalue weighted by atomic mass is 19.4. The number of hydrogen-bond acceptors (Lipinski definition) is 3. The third-order valence-electron chi connectivity index (χ3n) is 5.03. The Kier molecular flexibility index (Phi) is 5.99. The minimum absolute atomic E-state index is 0.0536. The van der Waals surface area contributed by atoms with Crippen molar-refractivity contribution in [1.82, 2.24) is 0 Å². The maximum Gasteiger partial charge on any atom is 0.573 e. The summed E-state index contributed by atoms with van der Waals surface area (Å²) in [4.78, 5) is 0. The third kappa shape index (κ3) is 5.08. The lowest BCUT2D eigenvalue weighted by Gasteiger charge is -2.22. The molecule has 0 spiro atoms. The zero-order valence-electron chi connectivity index (χ0n) is 15.0. The Morgan fingerprint density at radius 1 is 1.04 bits per heavy atom. The highest BCUT2D eigenvalue weighted by Crippen LogP contribution is 2.41. The number of hydrogen-bond donors (Lipinski definition) is 0. The first-order valence-electron chi connectivity index (χ1n) is 9.28. The zero-order valence-corrected chi connectivity index (χ0v) is 15.0. The van der Waals surface area contributed by atoms with Crippen LogP contribution in [0.15, 0.2) is 24.3 Å². The molecule has 1 aromatic rings. The summed E-state index contributed by atoms with van der Waals surface area (Å²) in [6.07, 6.45) is 6.65. The quantitative estimate of drug-likeness (QED) is 0.555. The van der Waals surface area contributed by atoms with Gasteiger partial charge in [0.1, 0.15) is 12.4 Å². The minimum atomic E-state index is -4.78. The van der Waals surface area contributed by atoms with Crippen molar-refractivity contribution in [1.29, 1.82) is 0 Å². The molecule has 3 nitrogen and oxygen atoms in total. The average Bonchev–Trinajstić information content (AvgIpc) is 3.02. The van der Waals surface area contributed by atoms with Gasteiger partial charge in [-0.05, 0) is 63.5 Å². The van der Waals surface area contributed by atoms with Crippen LogP contribution in [0.25, 0.3) is 0 Å². The van der Waals surface area contributed by atoms with E-state index in [1.807, 2.05) is 6.08 Å². The zero-order chi connectivity index (χ0) is 18.6. The lowest BCUT2D eigenvalue weighted by Crippen LogP contribution is -2.20. The van der Waals surface area contributed by atoms with E-state index in [0.29, 0.717) is 23.8 Å². The van der Waals surface area contributed by atoms with E-state index in [0.717, 1.165) is 25.7 Å². The van der Waals surface area contributed by atoms with Gasteiger partial charge < -0.3 is 14.2 Å². The fraction of sp³-hybridized carbons (Fsp3) is 0.600. The Bertz CT molecular complexity index is 630. The molecular weight excluding hydrogens is 345 g/mol. The lowest BCUT2D eigenvalue weighted by molar-refractivity contribution is -0.275. The highest BCUT2D eigenvalue weighted by Gasteiger charge is 2.34. The summed E-state index contributed by atoms with van der Waals surface area (Å²) in [7, 11) is 0. The first-order chi connectivity index (χ1) is 12.4.